The van der Waals surface area contributed by atoms with Gasteiger partial charge in [-0.1, -0.05) is 0 Å². The first-order chi connectivity index (χ1) is 22.6. The number of rotatable bonds is 26. The van der Waals surface area contributed by atoms with Crippen LogP contribution in [-0.2, 0) is 61.0 Å². The Labute approximate surface area is 299 Å². The maximum Gasteiger partial charge on any atom is 0.500 e. The van der Waals surface area contributed by atoms with E-state index in [0.717, 1.165) is 43.8 Å². The van der Waals surface area contributed by atoms with E-state index in [0.29, 0.717) is 37.4 Å². The Morgan fingerprint density at radius 2 is 0.625 bits per heavy atom. The van der Waals surface area contributed by atoms with Gasteiger partial charge in [0.2, 0.25) is 0 Å². The second-order valence-electron chi connectivity index (χ2n) is 12.7. The Kier molecular flexibility index (Phi) is 21.1. The summed E-state index contributed by atoms with van der Waals surface area (Å²) < 4.78 is 86.5. The predicted molar refractivity (Wildman–Crippen MR) is 200 cm³/mol. The largest absolute Gasteiger partial charge is 0.500 e. The molecule has 21 heteroatoms. The van der Waals surface area contributed by atoms with Crippen LogP contribution in [-0.4, -0.2) is 138 Å². The van der Waals surface area contributed by atoms with Crippen molar-refractivity contribution in [1.29, 1.82) is 0 Å². The fraction of sp³-hybridized carbons (Fsp3) is 1.00. The van der Waals surface area contributed by atoms with Gasteiger partial charge in [-0.15, -0.1) is 0 Å². The lowest BCUT2D eigenvalue weighted by molar-refractivity contribution is 0.122. The third kappa shape index (κ3) is 14.4. The van der Waals surface area contributed by atoms with E-state index in [-0.39, 0.29) is 0 Å². The summed E-state index contributed by atoms with van der Waals surface area (Å²) in [4.78, 5) is 0. The van der Waals surface area contributed by atoms with Gasteiger partial charge in [0.05, 0.1) is 0 Å². The molecule has 0 radical (unpaired) electrons. The van der Waals surface area contributed by atoms with Crippen molar-refractivity contribution in [3.8, 4) is 0 Å². The molecule has 14 nitrogen and oxygen atoms in total. The van der Waals surface area contributed by atoms with Crippen molar-refractivity contribution in [3.05, 3.63) is 0 Å². The average molecular weight is 813 g/mol. The van der Waals surface area contributed by atoms with E-state index in [1.165, 1.54) is 0 Å². The van der Waals surface area contributed by atoms with E-state index >= 15 is 0 Å². The molecule has 0 aromatic rings. The quantitative estimate of drug-likeness (QED) is 0.0796. The van der Waals surface area contributed by atoms with Gasteiger partial charge in [-0.25, -0.2) is 0 Å². The molecule has 0 N–H and O–H groups in total. The third-order valence-corrected chi connectivity index (χ3v) is 36.4. The van der Waals surface area contributed by atoms with Crippen LogP contribution in [0.15, 0.2) is 0 Å². The minimum Gasteiger partial charge on any atom is -0.416 e. The van der Waals surface area contributed by atoms with Crippen LogP contribution in [0.1, 0.15) is 32.6 Å². The van der Waals surface area contributed by atoms with Gasteiger partial charge in [0.1, 0.15) is 0 Å². The van der Waals surface area contributed by atoms with E-state index < -0.39 is 60.7 Å². The summed E-state index contributed by atoms with van der Waals surface area (Å²) in [5.41, 5.74) is 0. The first-order valence-electron chi connectivity index (χ1n) is 16.9. The molecule has 2 atom stereocenters. The van der Waals surface area contributed by atoms with Gasteiger partial charge < -0.3 is 61.0 Å². The van der Waals surface area contributed by atoms with Crippen molar-refractivity contribution in [2.75, 3.05) is 77.2 Å². The van der Waals surface area contributed by atoms with E-state index in [1.807, 2.05) is 6.92 Å². The first-order valence-corrected chi connectivity index (χ1v) is 32.8. The highest BCUT2D eigenvalue weighted by molar-refractivity contribution is 6.94. The number of ether oxygens (including phenoxy) is 1. The molecule has 0 bridgehead atoms. The van der Waals surface area contributed by atoms with Gasteiger partial charge in [-0.05, 0) is 83.0 Å². The molecule has 0 amide bonds. The zero-order valence-electron chi connectivity index (χ0n) is 32.4. The molecule has 1 aliphatic heterocycles. The summed E-state index contributed by atoms with van der Waals surface area (Å²) in [6.07, 6.45) is 3.11. The molecule has 288 valence electrons. The van der Waals surface area contributed by atoms with E-state index in [1.54, 1.807) is 64.0 Å². The van der Waals surface area contributed by atoms with Crippen LogP contribution in [0.4, 0.5) is 0 Å². The molecule has 0 spiro atoms. The van der Waals surface area contributed by atoms with Crippen LogP contribution in [0.3, 0.4) is 0 Å². The monoisotopic (exact) mass is 812 g/mol. The second kappa shape index (κ2) is 21.6. The Morgan fingerprint density at radius 3 is 0.833 bits per heavy atom. The molecule has 1 aliphatic rings. The lowest BCUT2D eigenvalue weighted by Gasteiger charge is -2.50. The van der Waals surface area contributed by atoms with Gasteiger partial charge in [-0.3, -0.25) is 0 Å². The second-order valence-corrected chi connectivity index (χ2v) is 36.3. The Morgan fingerprint density at radius 1 is 0.396 bits per heavy atom. The van der Waals surface area contributed by atoms with Crippen molar-refractivity contribution >= 4 is 60.7 Å². The zero-order valence-corrected chi connectivity index (χ0v) is 39.4. The van der Waals surface area contributed by atoms with Crippen molar-refractivity contribution < 1.29 is 61.0 Å². The lowest BCUT2D eigenvalue weighted by atomic mass is 10.5. The normalized spacial score (nSPS) is 27.6. The highest BCUT2D eigenvalue weighted by atomic mass is 28.5. The number of hydrogen-bond acceptors (Lipinski definition) is 14. The van der Waals surface area contributed by atoms with Crippen molar-refractivity contribution in [1.82, 2.24) is 0 Å². The van der Waals surface area contributed by atoms with Gasteiger partial charge in [0.15, 0.2) is 0 Å². The molecule has 0 saturated carbocycles. The van der Waals surface area contributed by atoms with Crippen molar-refractivity contribution in [2.24, 2.45) is 0 Å². The molecule has 0 aromatic heterocycles. The van der Waals surface area contributed by atoms with Gasteiger partial charge >= 0.3 is 60.7 Å². The van der Waals surface area contributed by atoms with Crippen LogP contribution in [0.5, 0.6) is 0 Å². The highest BCUT2D eigenvalue weighted by Crippen LogP contribution is 2.40. The molecule has 1 fully saturated rings. The Balaban J connectivity index is 3.52. The summed E-state index contributed by atoms with van der Waals surface area (Å²) in [6.45, 7) is 12.0. The van der Waals surface area contributed by atoms with Crippen molar-refractivity contribution in [3.63, 3.8) is 0 Å². The fourth-order valence-electron chi connectivity index (χ4n) is 6.50. The summed E-state index contributed by atoms with van der Waals surface area (Å²) in [5.74, 6) is 0. The molecule has 2 unspecified atom stereocenters. The van der Waals surface area contributed by atoms with E-state index in [9.17, 15) is 0 Å². The third-order valence-electron chi connectivity index (χ3n) is 8.99. The minimum atomic E-state index is -2.91. The van der Waals surface area contributed by atoms with Crippen LogP contribution in [0, 0.1) is 0 Å². The average Bonchev–Trinajstić information content (AvgIpc) is 3.05. The predicted octanol–water partition coefficient (Wildman–Crippen LogP) is 5.59. The molecular formula is C27H68O14Si7. The van der Waals surface area contributed by atoms with Crippen LogP contribution >= 0.6 is 0 Å². The molecule has 0 aromatic carbocycles. The molecule has 48 heavy (non-hydrogen) atoms. The SMILES string of the molecule is CCOCCC[Si]1(C)O[Si](C)(CCC[Si](OC)(OC)OC)O[Si](C)(CCC[Si](OC)(OC)OC)O[Si](C)(CCC[Si](OC)(OC)OC)O1. The highest BCUT2D eigenvalue weighted by Gasteiger charge is 2.57. The smallest absolute Gasteiger partial charge is 0.416 e. The molecule has 1 saturated heterocycles. The molecular weight excluding hydrogens is 745 g/mol. The van der Waals surface area contributed by atoms with E-state index in [4.69, 9.17) is 61.0 Å². The fourth-order valence-corrected chi connectivity index (χ4v) is 36.0. The Hall–Kier alpha value is 0.958. The standard InChI is InChI=1S/C27H68O14Si7/c1-15-37-20-16-21-42(11)38-43(12,22-17-25-46(28-2,29-3)30-4)40-45(14,24-19-27-48(34-8,35-9)36-10)41-44(13,39-42)23-18-26-47(31-5,32-6)33-7/h15-27H2,1-14H3. The van der Waals surface area contributed by atoms with Gasteiger partial charge in [-0.2, -0.15) is 0 Å². The maximum atomic E-state index is 7.34. The maximum absolute atomic E-state index is 7.34. The molecule has 1 heterocycles. The van der Waals surface area contributed by atoms with E-state index in [2.05, 4.69) is 26.2 Å². The van der Waals surface area contributed by atoms with Gasteiger partial charge in [0.25, 0.3) is 0 Å². The molecule has 0 aliphatic carbocycles. The summed E-state index contributed by atoms with van der Waals surface area (Å²) >= 11 is 0. The van der Waals surface area contributed by atoms with Crippen molar-refractivity contribution in [2.45, 2.75) is 101 Å². The van der Waals surface area contributed by atoms with Gasteiger partial charge in [0, 0.05) is 95.3 Å². The minimum absolute atomic E-state index is 0.640. The number of hydrogen-bond donors (Lipinski definition) is 0. The summed E-state index contributed by atoms with van der Waals surface area (Å²) in [6, 6.07) is 4.85. The summed E-state index contributed by atoms with van der Waals surface area (Å²) in [5, 5.41) is 0. The Bertz CT molecular complexity index is 819. The summed E-state index contributed by atoms with van der Waals surface area (Å²) in [7, 11) is -5.09. The molecule has 1 rings (SSSR count). The lowest BCUT2D eigenvalue weighted by Crippen LogP contribution is -2.67. The first kappa shape index (κ1) is 47.0. The van der Waals surface area contributed by atoms with Crippen LogP contribution in [0.25, 0.3) is 0 Å². The van der Waals surface area contributed by atoms with Crippen LogP contribution < -0.4 is 0 Å². The zero-order chi connectivity index (χ0) is 36.6. The topological polar surface area (TPSA) is 129 Å². The van der Waals surface area contributed by atoms with Crippen LogP contribution in [0.2, 0.25) is 68.5 Å².